The number of alkyl halides is 6. The Morgan fingerprint density at radius 1 is 1.03 bits per heavy atom. The first-order valence-electron chi connectivity index (χ1n) is 12.0. The predicted molar refractivity (Wildman–Crippen MR) is 114 cm³/mol. The molecule has 1 spiro atoms. The van der Waals surface area contributed by atoms with E-state index in [-0.39, 0.29) is 31.8 Å². The third kappa shape index (κ3) is 5.28. The fraction of sp³-hybridized carbons (Fsp3) is 0.773. The molecule has 3 aliphatic heterocycles. The second-order valence-electron chi connectivity index (χ2n) is 9.63. The van der Waals surface area contributed by atoms with Crippen LogP contribution in [0.15, 0.2) is 6.20 Å². The molecule has 0 radical (unpaired) electrons. The number of ether oxygens (including phenoxy) is 1. The summed E-state index contributed by atoms with van der Waals surface area (Å²) in [6.45, 7) is 5.53. The van der Waals surface area contributed by atoms with Crippen LogP contribution in [0.2, 0.25) is 0 Å². The largest absolute Gasteiger partial charge is 0.434 e. The number of imidazole rings is 1. The first-order chi connectivity index (χ1) is 16.8. The van der Waals surface area contributed by atoms with E-state index >= 15 is 0 Å². The van der Waals surface area contributed by atoms with Gasteiger partial charge in [0.25, 0.3) is 12.0 Å². The van der Waals surface area contributed by atoms with E-state index in [9.17, 15) is 35.9 Å². The fourth-order valence-electron chi connectivity index (χ4n) is 5.43. The van der Waals surface area contributed by atoms with Crippen molar-refractivity contribution in [2.75, 3.05) is 32.7 Å². The molecule has 36 heavy (non-hydrogen) atoms. The molecule has 14 heteroatoms. The number of hydrogen-bond donors (Lipinski definition) is 0. The van der Waals surface area contributed by atoms with Crippen LogP contribution in [0.4, 0.5) is 31.1 Å². The van der Waals surface area contributed by atoms with Crippen molar-refractivity contribution in [1.29, 1.82) is 0 Å². The van der Waals surface area contributed by atoms with Gasteiger partial charge < -0.3 is 19.1 Å². The third-order valence-corrected chi connectivity index (χ3v) is 7.25. The molecule has 1 aromatic heterocycles. The van der Waals surface area contributed by atoms with Crippen LogP contribution in [0.25, 0.3) is 0 Å². The van der Waals surface area contributed by atoms with Crippen molar-refractivity contribution in [3.8, 4) is 0 Å². The summed E-state index contributed by atoms with van der Waals surface area (Å²) in [6, 6.07) is 0. The van der Waals surface area contributed by atoms with Crippen molar-refractivity contribution in [3.63, 3.8) is 0 Å². The minimum Gasteiger partial charge on any atom is -0.426 e. The van der Waals surface area contributed by atoms with E-state index in [1.807, 2.05) is 4.57 Å². The Morgan fingerprint density at radius 3 is 2.31 bits per heavy atom. The van der Waals surface area contributed by atoms with Gasteiger partial charge >= 0.3 is 18.4 Å². The smallest absolute Gasteiger partial charge is 0.426 e. The van der Waals surface area contributed by atoms with E-state index in [0.717, 1.165) is 36.8 Å². The van der Waals surface area contributed by atoms with Gasteiger partial charge in [-0.3, -0.25) is 9.69 Å². The first-order valence-corrected chi connectivity index (χ1v) is 12.0. The topological polar surface area (TPSA) is 70.9 Å². The number of amides is 2. The van der Waals surface area contributed by atoms with E-state index in [1.54, 1.807) is 11.1 Å². The van der Waals surface area contributed by atoms with E-state index in [4.69, 9.17) is 0 Å². The maximum absolute atomic E-state index is 13.4. The Kier molecular flexibility index (Phi) is 7.19. The number of hydrogen-bond acceptors (Lipinski definition) is 5. The second kappa shape index (κ2) is 9.75. The van der Waals surface area contributed by atoms with Gasteiger partial charge in [-0.05, 0) is 38.6 Å². The summed E-state index contributed by atoms with van der Waals surface area (Å²) in [5.74, 6) is 0.564. The Bertz CT molecular complexity index is 956. The molecule has 0 saturated carbocycles. The quantitative estimate of drug-likeness (QED) is 0.560. The Hall–Kier alpha value is -2.51. The summed E-state index contributed by atoms with van der Waals surface area (Å²) >= 11 is 0. The number of halogens is 6. The average Bonchev–Trinajstić information content (AvgIpc) is 3.40. The zero-order valence-electron chi connectivity index (χ0n) is 19.9. The van der Waals surface area contributed by atoms with Gasteiger partial charge in [0.2, 0.25) is 0 Å². The van der Waals surface area contributed by atoms with E-state index in [2.05, 4.69) is 21.5 Å². The van der Waals surface area contributed by atoms with Crippen LogP contribution in [0.3, 0.4) is 0 Å². The molecule has 4 heterocycles. The molecule has 0 N–H and O–H groups in total. The van der Waals surface area contributed by atoms with Crippen molar-refractivity contribution < 1.29 is 40.7 Å². The molecule has 3 aliphatic rings. The number of rotatable bonds is 4. The predicted octanol–water partition coefficient (Wildman–Crippen LogP) is 3.81. The minimum atomic E-state index is -5.77. The molecular formula is C22H29F6N5O3. The number of carbonyl (C=O) groups excluding carboxylic acids is 2. The summed E-state index contributed by atoms with van der Waals surface area (Å²) < 4.78 is 82.4. The SMILES string of the molecule is CCCN1CCn2cc(C(=O)N3CCCC34CCN(C(=O)OC(C(F)(F)F)C(F)(F)F)CC4)nc2C1. The average molecular weight is 525 g/mol. The number of fused-ring (bicyclic) bond motifs is 1. The highest BCUT2D eigenvalue weighted by Crippen LogP contribution is 2.40. The fourth-order valence-corrected chi connectivity index (χ4v) is 5.43. The van der Waals surface area contributed by atoms with Gasteiger partial charge in [-0.1, -0.05) is 6.92 Å². The van der Waals surface area contributed by atoms with Crippen LogP contribution in [-0.4, -0.2) is 93.0 Å². The molecule has 1 aromatic rings. The molecule has 2 saturated heterocycles. The molecule has 2 amide bonds. The highest BCUT2D eigenvalue weighted by atomic mass is 19.4. The summed E-state index contributed by atoms with van der Waals surface area (Å²) in [5.41, 5.74) is -0.302. The van der Waals surface area contributed by atoms with Gasteiger partial charge in [-0.25, -0.2) is 9.78 Å². The molecular weight excluding hydrogens is 496 g/mol. The zero-order chi connectivity index (χ0) is 26.3. The first kappa shape index (κ1) is 26.6. The van der Waals surface area contributed by atoms with Gasteiger partial charge in [0, 0.05) is 44.5 Å². The molecule has 0 aliphatic carbocycles. The highest BCUT2D eigenvalue weighted by Gasteiger charge is 2.60. The Morgan fingerprint density at radius 2 is 1.69 bits per heavy atom. The van der Waals surface area contributed by atoms with E-state index in [0.29, 0.717) is 31.6 Å². The van der Waals surface area contributed by atoms with Gasteiger partial charge in [-0.2, -0.15) is 26.3 Å². The maximum atomic E-state index is 13.4. The lowest BCUT2D eigenvalue weighted by Gasteiger charge is -2.44. The molecule has 8 nitrogen and oxygen atoms in total. The molecule has 0 bridgehead atoms. The maximum Gasteiger partial charge on any atom is 0.434 e. The normalized spacial score (nSPS) is 20.8. The lowest BCUT2D eigenvalue weighted by atomic mass is 9.85. The number of carbonyl (C=O) groups is 2. The van der Waals surface area contributed by atoms with Crippen LogP contribution in [-0.2, 0) is 17.8 Å². The Labute approximate surface area is 204 Å². The third-order valence-electron chi connectivity index (χ3n) is 7.25. The minimum absolute atomic E-state index is 0.114. The van der Waals surface area contributed by atoms with Crippen molar-refractivity contribution in [2.45, 2.75) is 76.1 Å². The van der Waals surface area contributed by atoms with Gasteiger partial charge in [-0.15, -0.1) is 0 Å². The standard InChI is InChI=1S/C22H29F6N5O3/c1-2-7-30-11-12-32-13-15(29-16(32)14-30)17(34)33-8-3-4-20(33)5-9-31(10-6-20)19(35)36-18(21(23,24)25)22(26,27)28/h13,18H,2-12,14H2,1H3. The van der Waals surface area contributed by atoms with E-state index < -0.39 is 30.1 Å². The van der Waals surface area contributed by atoms with Crippen LogP contribution >= 0.6 is 0 Å². The molecule has 0 atom stereocenters. The van der Waals surface area contributed by atoms with E-state index in [1.165, 1.54) is 0 Å². The summed E-state index contributed by atoms with van der Waals surface area (Å²) in [6.07, 6.45) is -12.8. The van der Waals surface area contributed by atoms with Gasteiger partial charge in [0.15, 0.2) is 0 Å². The monoisotopic (exact) mass is 525 g/mol. The summed E-state index contributed by atoms with van der Waals surface area (Å²) in [5, 5.41) is 0. The lowest BCUT2D eigenvalue weighted by Crippen LogP contribution is -2.56. The summed E-state index contributed by atoms with van der Waals surface area (Å²) in [7, 11) is 0. The molecule has 2 fully saturated rings. The highest BCUT2D eigenvalue weighted by molar-refractivity contribution is 5.93. The van der Waals surface area contributed by atoms with Crippen LogP contribution in [0.5, 0.6) is 0 Å². The molecule has 4 rings (SSSR count). The van der Waals surface area contributed by atoms with Gasteiger partial charge in [0.1, 0.15) is 11.5 Å². The van der Waals surface area contributed by atoms with Crippen LogP contribution in [0, 0.1) is 0 Å². The van der Waals surface area contributed by atoms with Crippen molar-refractivity contribution in [1.82, 2.24) is 24.3 Å². The number of likely N-dealkylation sites (tertiary alicyclic amines) is 2. The second-order valence-corrected chi connectivity index (χ2v) is 9.63. The molecule has 0 unspecified atom stereocenters. The number of piperidine rings is 1. The van der Waals surface area contributed by atoms with Crippen molar-refractivity contribution in [3.05, 3.63) is 17.7 Å². The lowest BCUT2D eigenvalue weighted by molar-refractivity contribution is -0.308. The van der Waals surface area contributed by atoms with Crippen LogP contribution in [0.1, 0.15) is 55.3 Å². The molecule has 0 aromatic carbocycles. The molecule has 202 valence electrons. The zero-order valence-corrected chi connectivity index (χ0v) is 19.9. The number of nitrogens with zero attached hydrogens (tertiary/aromatic N) is 5. The van der Waals surface area contributed by atoms with Gasteiger partial charge in [0.05, 0.1) is 6.54 Å². The van der Waals surface area contributed by atoms with Crippen molar-refractivity contribution in [2.24, 2.45) is 0 Å². The van der Waals surface area contributed by atoms with Crippen molar-refractivity contribution >= 4 is 12.0 Å². The Balaban J connectivity index is 1.41. The number of aromatic nitrogens is 2. The summed E-state index contributed by atoms with van der Waals surface area (Å²) in [4.78, 5) is 34.9. The van der Waals surface area contributed by atoms with Crippen LogP contribution < -0.4 is 0 Å².